The van der Waals surface area contributed by atoms with Crippen molar-refractivity contribution in [3.63, 3.8) is 0 Å². The number of halogens is 1. The van der Waals surface area contributed by atoms with Gasteiger partial charge < -0.3 is 43.7 Å². The lowest BCUT2D eigenvalue weighted by Crippen LogP contribution is -2.30. The summed E-state index contributed by atoms with van der Waals surface area (Å²) in [7, 11) is 1.83. The Hall–Kier alpha value is -8.29. The number of carbonyl (C=O) groups excluding carboxylic acids is 5. The summed E-state index contributed by atoms with van der Waals surface area (Å²) in [4.78, 5) is 85.7. The van der Waals surface area contributed by atoms with Gasteiger partial charge in [0.25, 0.3) is 5.97 Å². The van der Waals surface area contributed by atoms with Crippen LogP contribution in [0.3, 0.4) is 0 Å². The van der Waals surface area contributed by atoms with Crippen LogP contribution in [-0.2, 0) is 60.6 Å². The molecule has 3 aromatic carbocycles. The molecule has 6 fully saturated rings. The van der Waals surface area contributed by atoms with Gasteiger partial charge in [-0.3, -0.25) is 38.0 Å². The van der Waals surface area contributed by atoms with E-state index in [1.54, 1.807) is 13.8 Å². The van der Waals surface area contributed by atoms with Gasteiger partial charge in [0.2, 0.25) is 0 Å². The Bertz CT molecular complexity index is 4440. The molecule has 6 aliphatic rings. The minimum absolute atomic E-state index is 0.125. The molecule has 3 atom stereocenters. The number of benzene rings is 3. The Morgan fingerprint density at radius 2 is 0.769 bits per heavy atom. The zero-order valence-corrected chi connectivity index (χ0v) is 77.8. The van der Waals surface area contributed by atoms with Gasteiger partial charge in [0.1, 0.15) is 34.4 Å². The van der Waals surface area contributed by atoms with E-state index in [2.05, 4.69) is 115 Å². The first kappa shape index (κ1) is 98.1. The molecule has 6 aliphatic carbocycles. The van der Waals surface area contributed by atoms with Gasteiger partial charge in [-0.15, -0.1) is 0 Å². The molecule has 0 aliphatic heterocycles. The molecule has 0 spiro atoms. The standard InChI is InChI=1S/C32H45NO4.C31H43NO4.C27H43NO5.C8H11N.C2H4O2.CH3F/c1-19(2)12-22-14-25(15-22)30-28(23-10-11-23)29(33-37-30)26(18-32(5,6)31(35)36-7)17-27(34)16-24-9-8-20(3)13-21(24)4;1-18(2)11-21-13-24(14-21)29-27(22-9-10-22)28(32-36-29)25(17-31(5,6)30(34)35)16-26(33)15-23-8-7-19(3)12-20(23)4;1-16(2)11-17-12-19(13-17)24-22(18-9-10-18)23(28-33-24)20(14-21(29)32-26(3,4)5)15-27(6,7)25(30)31-8;1-6-3-4-8(9)7(2)5-6;1-2(3)4;1-2/h8-9,13,19,22-23,25-26H,10-12,14-18H2,1-7H3;7-8,12,18,21-22,24-25H,9-11,13-17H2,1-6H3,(H,34,35);16-20H,9-15H2,1-8H3;3-5H,9H2,1-2H3;1H3,(H,3,4);1H3/i;;;;;1D. The monoisotopic (exact) mass is 1680 g/mol. The molecule has 670 valence electrons. The quantitative estimate of drug-likeness (QED) is 0.0192. The maximum atomic E-state index is 13.4. The Morgan fingerprint density at radius 3 is 1.02 bits per heavy atom. The number of aliphatic carboxylic acids is 2. The minimum atomic E-state index is -1.00. The molecule has 3 unspecified atom stereocenters. The van der Waals surface area contributed by atoms with Crippen LogP contribution in [0.5, 0.6) is 0 Å². The van der Waals surface area contributed by atoms with Crippen molar-refractivity contribution in [1.82, 2.24) is 15.5 Å². The first-order valence-corrected chi connectivity index (χ1v) is 44.7. The predicted octanol–water partition coefficient (Wildman–Crippen LogP) is 24.1. The molecular formula is C101H149FN4O15. The third kappa shape index (κ3) is 29.7. The maximum Gasteiger partial charge on any atom is 0.311 e. The van der Waals surface area contributed by atoms with Crippen LogP contribution in [0.1, 0.15) is 396 Å². The Kier molecular flexibility index (Phi) is 35.6. The van der Waals surface area contributed by atoms with E-state index in [0.717, 1.165) is 170 Å². The van der Waals surface area contributed by atoms with E-state index in [1.165, 1.54) is 66.9 Å². The van der Waals surface area contributed by atoms with Gasteiger partial charge in [0.05, 0.1) is 62.5 Å². The third-order valence-electron chi connectivity index (χ3n) is 25.0. The van der Waals surface area contributed by atoms with Crippen LogP contribution in [0, 0.1) is 93.3 Å². The normalized spacial score (nSPS) is 19.6. The summed E-state index contributed by atoms with van der Waals surface area (Å²) in [5, 5.41) is 31.1. The number of nitrogens with two attached hydrogens (primary N) is 1. The largest absolute Gasteiger partial charge is 0.481 e. The molecule has 0 bridgehead atoms. The number of methoxy groups -OCH3 is 2. The summed E-state index contributed by atoms with van der Waals surface area (Å²) in [5.74, 6) is 7.22. The fourth-order valence-corrected chi connectivity index (χ4v) is 18.6. The fraction of sp³-hybridized carbons (Fsp3) is 0.663. The molecule has 20 heteroatoms. The number of alkyl halides is 1. The van der Waals surface area contributed by atoms with Gasteiger partial charge in [0.15, 0.2) is 0 Å². The van der Waals surface area contributed by atoms with Crippen molar-refractivity contribution in [3.8, 4) is 0 Å². The zero-order chi connectivity index (χ0) is 90.8. The number of nitrogen functional groups attached to an aromatic ring is 1. The molecule has 0 saturated heterocycles. The third-order valence-corrected chi connectivity index (χ3v) is 25.0. The second-order valence-electron chi connectivity index (χ2n) is 40.9. The van der Waals surface area contributed by atoms with Crippen molar-refractivity contribution in [1.29, 1.82) is 0 Å². The Labute approximate surface area is 724 Å². The molecule has 12 rings (SSSR count). The Balaban J connectivity index is 0.000000230. The Morgan fingerprint density at radius 1 is 0.479 bits per heavy atom. The van der Waals surface area contributed by atoms with Crippen LogP contribution in [0.15, 0.2) is 68.2 Å². The van der Waals surface area contributed by atoms with Crippen LogP contribution in [0.2, 0.25) is 0 Å². The molecule has 3 aromatic heterocycles. The number of nitrogens with zero attached hydrogens (tertiary/aromatic N) is 3. The average Bonchev–Trinajstić information content (AvgIpc) is 1.61. The second-order valence-corrected chi connectivity index (χ2v) is 40.9. The number of esters is 3. The lowest BCUT2D eigenvalue weighted by Gasteiger charge is -2.35. The van der Waals surface area contributed by atoms with Crippen molar-refractivity contribution in [2.24, 2.45) is 51.8 Å². The number of ether oxygens (including phenoxy) is 3. The van der Waals surface area contributed by atoms with Crippen LogP contribution in [0.25, 0.3) is 0 Å². The minimum Gasteiger partial charge on any atom is -0.481 e. The highest BCUT2D eigenvalue weighted by Gasteiger charge is 2.48. The number of anilines is 1. The van der Waals surface area contributed by atoms with Gasteiger partial charge in [-0.1, -0.05) is 122 Å². The lowest BCUT2D eigenvalue weighted by molar-refractivity contribution is -0.157. The first-order valence-electron chi connectivity index (χ1n) is 45.4. The number of hydrogen-bond acceptors (Lipinski definition) is 17. The summed E-state index contributed by atoms with van der Waals surface area (Å²) < 4.78 is 49.4. The van der Waals surface area contributed by atoms with Crippen molar-refractivity contribution < 1.29 is 77.3 Å². The molecule has 0 amide bonds. The number of hydrogen-bond donors (Lipinski definition) is 3. The number of aromatic nitrogens is 3. The van der Waals surface area contributed by atoms with Crippen LogP contribution < -0.4 is 5.73 Å². The van der Waals surface area contributed by atoms with Crippen LogP contribution in [-0.4, -0.2) is 94.1 Å². The smallest absolute Gasteiger partial charge is 0.311 e. The van der Waals surface area contributed by atoms with Gasteiger partial charge in [-0.2, -0.15) is 0 Å². The number of carboxylic acids is 2. The molecule has 0 radical (unpaired) electrons. The van der Waals surface area contributed by atoms with E-state index in [1.807, 2.05) is 86.6 Å². The van der Waals surface area contributed by atoms with Crippen LogP contribution in [0.4, 0.5) is 10.1 Å². The number of ketones is 2. The van der Waals surface area contributed by atoms with Gasteiger partial charge in [-0.05, 0) is 307 Å². The molecule has 3 heterocycles. The number of aryl methyl sites for hydroxylation is 6. The van der Waals surface area contributed by atoms with Crippen molar-refractivity contribution >= 4 is 47.1 Å². The van der Waals surface area contributed by atoms with Gasteiger partial charge in [-0.25, -0.2) is 0 Å². The topological polar surface area (TPSA) is 292 Å². The molecule has 6 aromatic rings. The number of carboxylic acid groups (broad SMARTS) is 2. The van der Waals surface area contributed by atoms with E-state index in [9.17, 15) is 38.3 Å². The van der Waals surface area contributed by atoms with E-state index >= 15 is 0 Å². The van der Waals surface area contributed by atoms with Crippen molar-refractivity contribution in [3.05, 3.63) is 150 Å². The predicted molar refractivity (Wildman–Crippen MR) is 475 cm³/mol. The summed E-state index contributed by atoms with van der Waals surface area (Å²) >= 11 is 0. The van der Waals surface area contributed by atoms with Gasteiger partial charge in [0, 0.05) is 90.5 Å². The summed E-state index contributed by atoms with van der Waals surface area (Å²) in [6, 6.07) is 18.5. The highest BCUT2D eigenvalue weighted by Crippen LogP contribution is 2.57. The molecular weight excluding hydrogens is 1530 g/mol. The van der Waals surface area contributed by atoms with Crippen molar-refractivity contribution in [2.75, 3.05) is 27.1 Å². The van der Waals surface area contributed by atoms with Crippen molar-refractivity contribution in [2.45, 2.75) is 359 Å². The highest BCUT2D eigenvalue weighted by molar-refractivity contribution is 5.83. The molecule has 4 N–H and O–H groups in total. The van der Waals surface area contributed by atoms with Crippen LogP contribution >= 0.6 is 0 Å². The summed E-state index contributed by atoms with van der Waals surface area (Å²) in [5.41, 5.74) is 18.9. The first-order chi connectivity index (χ1) is 57.1. The number of rotatable bonds is 34. The molecule has 19 nitrogen and oxygen atoms in total. The fourth-order valence-electron chi connectivity index (χ4n) is 18.6. The molecule has 121 heavy (non-hydrogen) atoms. The van der Waals surface area contributed by atoms with E-state index in [-0.39, 0.29) is 60.1 Å². The summed E-state index contributed by atoms with van der Waals surface area (Å²) in [6.07, 6.45) is 20.3. The van der Waals surface area contributed by atoms with Gasteiger partial charge >= 0.3 is 23.9 Å². The van der Waals surface area contributed by atoms with E-state index < -0.39 is 40.9 Å². The maximum absolute atomic E-state index is 13.4. The number of carbonyl (C=O) groups is 7. The average molecular weight is 1680 g/mol. The zero-order valence-electron chi connectivity index (χ0n) is 78.8. The molecule has 6 saturated carbocycles. The van der Waals surface area contributed by atoms with E-state index in [4.69, 9.17) is 44.8 Å². The SMILES string of the molecule is CC(=O)O.COC(=O)C(C)(C)CC(CC(=O)Cc1ccc(C)cc1C)c1noc(C2CC(CC(C)C)C2)c1C1CC1.COC(=O)C(C)(C)CC(CC(=O)OC(C)(C)C)c1noc(C2CC(CC(C)C)C2)c1C1CC1.Cc1ccc(CC(=O)CC(CC(C)(C)C(=O)O)c2noc(C3CC(CC(C)C)C3)c2C2CC2)c(C)c1.Cc1ccc(N)c(C)c1.[2H]CF. The van der Waals surface area contributed by atoms with E-state index in [0.29, 0.717) is 91.8 Å². The number of Topliss-reactive ketones (excluding diaryl/α,β-unsaturated/α-hetero) is 2. The summed E-state index contributed by atoms with van der Waals surface area (Å²) in [6.45, 7) is 43.7. The second kappa shape index (κ2) is 43.8. The highest BCUT2D eigenvalue weighted by atomic mass is 19.1. The lowest BCUT2D eigenvalue weighted by atomic mass is 9.69.